The summed E-state index contributed by atoms with van der Waals surface area (Å²) in [5.41, 5.74) is 1.16. The van der Waals surface area contributed by atoms with E-state index in [0.29, 0.717) is 6.42 Å². The standard InChI is InChI=1S/C14H22N2O2/c1-3-15-10(2)9-14(17)16-12-5-4-6-13-11(12)7-8-18-13/h7-8,10,12,15H,3-6,9H2,1-2H3,(H,16,17). The van der Waals surface area contributed by atoms with Crippen molar-refractivity contribution in [3.63, 3.8) is 0 Å². The molecule has 1 heterocycles. The van der Waals surface area contributed by atoms with Gasteiger partial charge in [0.1, 0.15) is 5.76 Å². The van der Waals surface area contributed by atoms with Crippen LogP contribution < -0.4 is 10.6 Å². The molecular weight excluding hydrogens is 228 g/mol. The first-order chi connectivity index (χ1) is 8.70. The van der Waals surface area contributed by atoms with Gasteiger partial charge in [0.15, 0.2) is 0 Å². The van der Waals surface area contributed by atoms with Crippen molar-refractivity contribution >= 4 is 5.91 Å². The van der Waals surface area contributed by atoms with E-state index in [2.05, 4.69) is 10.6 Å². The Morgan fingerprint density at radius 2 is 2.44 bits per heavy atom. The Morgan fingerprint density at radius 1 is 1.61 bits per heavy atom. The van der Waals surface area contributed by atoms with Gasteiger partial charge in [-0.3, -0.25) is 4.79 Å². The third kappa shape index (κ3) is 3.13. The number of fused-ring (bicyclic) bond motifs is 1. The van der Waals surface area contributed by atoms with E-state index in [1.54, 1.807) is 6.26 Å². The average molecular weight is 250 g/mol. The number of aryl methyl sites for hydroxylation is 1. The average Bonchev–Trinajstić information content (AvgIpc) is 2.78. The predicted molar refractivity (Wildman–Crippen MR) is 70.3 cm³/mol. The molecule has 0 aliphatic heterocycles. The van der Waals surface area contributed by atoms with Gasteiger partial charge in [-0.15, -0.1) is 0 Å². The molecule has 2 rings (SSSR count). The van der Waals surface area contributed by atoms with Crippen molar-refractivity contribution < 1.29 is 9.21 Å². The molecule has 0 saturated heterocycles. The van der Waals surface area contributed by atoms with Crippen LogP contribution in [0.1, 0.15) is 50.5 Å². The Morgan fingerprint density at radius 3 is 3.22 bits per heavy atom. The number of nitrogens with one attached hydrogen (secondary N) is 2. The van der Waals surface area contributed by atoms with Gasteiger partial charge in [-0.1, -0.05) is 6.92 Å². The molecule has 4 heteroatoms. The van der Waals surface area contributed by atoms with Crippen molar-refractivity contribution in [3.8, 4) is 0 Å². The number of amides is 1. The first kappa shape index (κ1) is 13.1. The zero-order chi connectivity index (χ0) is 13.0. The highest BCUT2D eigenvalue weighted by atomic mass is 16.3. The topological polar surface area (TPSA) is 54.3 Å². The maximum absolute atomic E-state index is 11.9. The molecule has 4 nitrogen and oxygen atoms in total. The second kappa shape index (κ2) is 6.05. The van der Waals surface area contributed by atoms with Crippen molar-refractivity contribution in [2.45, 2.75) is 51.6 Å². The maximum Gasteiger partial charge on any atom is 0.222 e. The first-order valence-corrected chi connectivity index (χ1v) is 6.79. The molecule has 2 unspecified atom stereocenters. The van der Waals surface area contributed by atoms with E-state index < -0.39 is 0 Å². The summed E-state index contributed by atoms with van der Waals surface area (Å²) >= 11 is 0. The molecule has 1 amide bonds. The second-order valence-electron chi connectivity index (χ2n) is 4.97. The molecule has 0 aromatic carbocycles. The van der Waals surface area contributed by atoms with E-state index in [1.807, 2.05) is 19.9 Å². The van der Waals surface area contributed by atoms with E-state index >= 15 is 0 Å². The molecule has 2 N–H and O–H groups in total. The zero-order valence-electron chi connectivity index (χ0n) is 11.2. The van der Waals surface area contributed by atoms with Gasteiger partial charge in [-0.05, 0) is 32.4 Å². The van der Waals surface area contributed by atoms with Gasteiger partial charge in [0, 0.05) is 24.4 Å². The monoisotopic (exact) mass is 250 g/mol. The summed E-state index contributed by atoms with van der Waals surface area (Å²) in [7, 11) is 0. The van der Waals surface area contributed by atoms with E-state index in [0.717, 1.165) is 37.1 Å². The van der Waals surface area contributed by atoms with E-state index in [-0.39, 0.29) is 18.0 Å². The Kier molecular flexibility index (Phi) is 4.42. The quantitative estimate of drug-likeness (QED) is 0.842. The van der Waals surface area contributed by atoms with Crippen LogP contribution in [0.2, 0.25) is 0 Å². The van der Waals surface area contributed by atoms with Crippen LogP contribution in [0.5, 0.6) is 0 Å². The number of carbonyl (C=O) groups excluding carboxylic acids is 1. The SMILES string of the molecule is CCNC(C)CC(=O)NC1CCCc2occc21. The van der Waals surface area contributed by atoms with Crippen LogP contribution in [-0.2, 0) is 11.2 Å². The highest BCUT2D eigenvalue weighted by Crippen LogP contribution is 2.30. The summed E-state index contributed by atoms with van der Waals surface area (Å²) in [6.45, 7) is 4.98. The van der Waals surface area contributed by atoms with Crippen molar-refractivity contribution in [1.82, 2.24) is 10.6 Å². The lowest BCUT2D eigenvalue weighted by Gasteiger charge is -2.23. The van der Waals surface area contributed by atoms with Crippen LogP contribution in [0.15, 0.2) is 16.7 Å². The van der Waals surface area contributed by atoms with Crippen LogP contribution in [-0.4, -0.2) is 18.5 Å². The first-order valence-electron chi connectivity index (χ1n) is 6.79. The van der Waals surface area contributed by atoms with Crippen LogP contribution in [0.3, 0.4) is 0 Å². The Hall–Kier alpha value is -1.29. The third-order valence-electron chi connectivity index (χ3n) is 3.43. The number of hydrogen-bond donors (Lipinski definition) is 2. The summed E-state index contributed by atoms with van der Waals surface area (Å²) < 4.78 is 5.42. The molecule has 1 aromatic rings. The minimum absolute atomic E-state index is 0.113. The van der Waals surface area contributed by atoms with Gasteiger partial charge in [0.25, 0.3) is 0 Å². The molecular formula is C14H22N2O2. The minimum atomic E-state index is 0.113. The summed E-state index contributed by atoms with van der Waals surface area (Å²) in [4.78, 5) is 11.9. The summed E-state index contributed by atoms with van der Waals surface area (Å²) in [5.74, 6) is 1.15. The fraction of sp³-hybridized carbons (Fsp3) is 0.643. The van der Waals surface area contributed by atoms with E-state index in [9.17, 15) is 4.79 Å². The van der Waals surface area contributed by atoms with Gasteiger partial charge in [-0.2, -0.15) is 0 Å². The molecule has 0 bridgehead atoms. The molecule has 0 spiro atoms. The Balaban J connectivity index is 1.89. The van der Waals surface area contributed by atoms with Gasteiger partial charge in [0.2, 0.25) is 5.91 Å². The molecule has 1 aromatic heterocycles. The van der Waals surface area contributed by atoms with Gasteiger partial charge < -0.3 is 15.1 Å². The highest BCUT2D eigenvalue weighted by Gasteiger charge is 2.24. The lowest BCUT2D eigenvalue weighted by atomic mass is 9.93. The van der Waals surface area contributed by atoms with Gasteiger partial charge in [0.05, 0.1) is 12.3 Å². The fourth-order valence-electron chi connectivity index (χ4n) is 2.59. The lowest BCUT2D eigenvalue weighted by molar-refractivity contribution is -0.122. The van der Waals surface area contributed by atoms with Gasteiger partial charge in [-0.25, -0.2) is 0 Å². The molecule has 1 aliphatic carbocycles. The van der Waals surface area contributed by atoms with Crippen LogP contribution in [0.4, 0.5) is 0 Å². The predicted octanol–water partition coefficient (Wildman–Crippen LogP) is 2.16. The van der Waals surface area contributed by atoms with Crippen molar-refractivity contribution in [2.24, 2.45) is 0 Å². The number of rotatable bonds is 5. The third-order valence-corrected chi connectivity index (χ3v) is 3.43. The molecule has 2 atom stereocenters. The molecule has 0 saturated carbocycles. The lowest BCUT2D eigenvalue weighted by Crippen LogP contribution is -2.36. The summed E-state index contributed by atoms with van der Waals surface area (Å²) in [6.07, 6.45) is 5.32. The largest absolute Gasteiger partial charge is 0.469 e. The molecule has 100 valence electrons. The number of carbonyl (C=O) groups is 1. The van der Waals surface area contributed by atoms with Crippen LogP contribution in [0.25, 0.3) is 0 Å². The van der Waals surface area contributed by atoms with Crippen molar-refractivity contribution in [2.75, 3.05) is 6.54 Å². The fourth-order valence-corrected chi connectivity index (χ4v) is 2.59. The smallest absolute Gasteiger partial charge is 0.222 e. The van der Waals surface area contributed by atoms with Crippen LogP contribution >= 0.6 is 0 Å². The molecule has 0 fully saturated rings. The maximum atomic E-state index is 11.9. The normalized spacial score (nSPS) is 20.2. The number of hydrogen-bond acceptors (Lipinski definition) is 3. The molecule has 18 heavy (non-hydrogen) atoms. The highest BCUT2D eigenvalue weighted by molar-refractivity contribution is 5.77. The van der Waals surface area contributed by atoms with Crippen molar-refractivity contribution in [3.05, 3.63) is 23.7 Å². The van der Waals surface area contributed by atoms with E-state index in [1.165, 1.54) is 0 Å². The summed E-state index contributed by atoms with van der Waals surface area (Å²) in [5, 5.41) is 6.36. The molecule has 1 aliphatic rings. The molecule has 0 radical (unpaired) electrons. The van der Waals surface area contributed by atoms with Gasteiger partial charge >= 0.3 is 0 Å². The zero-order valence-corrected chi connectivity index (χ0v) is 11.2. The van der Waals surface area contributed by atoms with Crippen molar-refractivity contribution in [1.29, 1.82) is 0 Å². The second-order valence-corrected chi connectivity index (χ2v) is 4.97. The Labute approximate surface area is 108 Å². The minimum Gasteiger partial charge on any atom is -0.469 e. The summed E-state index contributed by atoms with van der Waals surface area (Å²) in [6, 6.07) is 2.34. The van der Waals surface area contributed by atoms with E-state index in [4.69, 9.17) is 4.42 Å². The Bertz CT molecular complexity index is 400. The van der Waals surface area contributed by atoms with Crippen LogP contribution in [0, 0.1) is 0 Å². The number of furan rings is 1.